The molecule has 1 unspecified atom stereocenters. The van der Waals surface area contributed by atoms with Gasteiger partial charge in [0.15, 0.2) is 5.96 Å². The lowest BCUT2D eigenvalue weighted by Crippen LogP contribution is -2.38. The van der Waals surface area contributed by atoms with Gasteiger partial charge < -0.3 is 20.1 Å². The number of nitrogens with zero attached hydrogens (tertiary/aromatic N) is 4. The van der Waals surface area contributed by atoms with Gasteiger partial charge in [-0.1, -0.05) is 18.2 Å². The largest absolute Gasteiger partial charge is 0.351 e. The lowest BCUT2D eigenvalue weighted by molar-refractivity contribution is 0.661. The summed E-state index contributed by atoms with van der Waals surface area (Å²) in [6.45, 7) is 2.86. The Hall–Kier alpha value is -2.50. The molecule has 6 nitrogen and oxygen atoms in total. The van der Waals surface area contributed by atoms with Gasteiger partial charge >= 0.3 is 0 Å². The molecule has 0 aliphatic heterocycles. The molecule has 1 aliphatic carbocycles. The second kappa shape index (κ2) is 8.46. The Labute approximate surface area is 162 Å². The average molecular weight is 369 g/mol. The number of hydrogen-bond donors (Lipinski definition) is 2. The number of hydrogen-bond acceptors (Lipinski definition) is 3. The highest BCUT2D eigenvalue weighted by atomic mass is 15.3. The minimum atomic E-state index is 0.201. The van der Waals surface area contributed by atoms with Gasteiger partial charge in [0.2, 0.25) is 5.95 Å². The number of imidazole rings is 1. The number of rotatable bonds is 5. The summed E-state index contributed by atoms with van der Waals surface area (Å²) in [6, 6.07) is 7.12. The molecule has 0 saturated carbocycles. The minimum Gasteiger partial charge on any atom is -0.351 e. The van der Waals surface area contributed by atoms with Crippen LogP contribution in [0.15, 0.2) is 29.4 Å². The Morgan fingerprint density at radius 3 is 2.67 bits per heavy atom. The molecule has 1 aromatic heterocycles. The number of nitrogens with one attached hydrogen (secondary N) is 2. The van der Waals surface area contributed by atoms with Gasteiger partial charge in [-0.25, -0.2) is 4.98 Å². The van der Waals surface area contributed by atoms with Gasteiger partial charge in [0, 0.05) is 28.2 Å². The summed E-state index contributed by atoms with van der Waals surface area (Å²) in [4.78, 5) is 10.8. The predicted molar refractivity (Wildman–Crippen MR) is 112 cm³/mol. The first-order valence-electron chi connectivity index (χ1n) is 9.76. The number of aliphatic imine (C=N–C) groups is 1. The van der Waals surface area contributed by atoms with Crippen LogP contribution in [0.2, 0.25) is 0 Å². The highest BCUT2D eigenvalue weighted by Crippen LogP contribution is 2.24. The first-order chi connectivity index (χ1) is 13.0. The van der Waals surface area contributed by atoms with E-state index >= 15 is 0 Å². The molecule has 1 aliphatic rings. The molecule has 0 saturated heterocycles. The van der Waals surface area contributed by atoms with Gasteiger partial charge in [-0.3, -0.25) is 4.99 Å². The zero-order valence-electron chi connectivity index (χ0n) is 17.2. The van der Waals surface area contributed by atoms with E-state index in [0.717, 1.165) is 17.6 Å². The van der Waals surface area contributed by atoms with Crippen LogP contribution in [0.25, 0.3) is 0 Å². The van der Waals surface area contributed by atoms with E-state index in [4.69, 9.17) is 0 Å². The lowest BCUT2D eigenvalue weighted by atomic mass is 9.89. The molecule has 0 bridgehead atoms. The lowest BCUT2D eigenvalue weighted by Gasteiger charge is -2.22. The molecule has 1 heterocycles. The van der Waals surface area contributed by atoms with Crippen molar-refractivity contribution in [3.63, 3.8) is 0 Å². The Morgan fingerprint density at radius 2 is 2.00 bits per heavy atom. The first-order valence-corrected chi connectivity index (χ1v) is 9.76. The van der Waals surface area contributed by atoms with Crippen molar-refractivity contribution in [2.45, 2.75) is 45.2 Å². The molecular formula is C21H32N6. The summed E-state index contributed by atoms with van der Waals surface area (Å²) in [5.41, 5.74) is 5.46. The van der Waals surface area contributed by atoms with Crippen molar-refractivity contribution in [2.75, 3.05) is 26.0 Å². The monoisotopic (exact) mass is 368 g/mol. The topological polar surface area (TPSA) is 57.5 Å². The molecule has 3 rings (SSSR count). The molecule has 0 radical (unpaired) electrons. The van der Waals surface area contributed by atoms with Gasteiger partial charge in [-0.15, -0.1) is 0 Å². The van der Waals surface area contributed by atoms with Crippen LogP contribution in [0.3, 0.4) is 0 Å². The van der Waals surface area contributed by atoms with Gasteiger partial charge in [0.1, 0.15) is 0 Å². The fourth-order valence-corrected chi connectivity index (χ4v) is 3.69. The highest BCUT2D eigenvalue weighted by molar-refractivity contribution is 5.80. The molecule has 6 heteroatoms. The SMILES string of the molecule is CN=C(NCc1cnc(N(C)C)n1C)NC(C)c1ccc2c(c1)CCCC2. The number of guanidine groups is 1. The summed E-state index contributed by atoms with van der Waals surface area (Å²) < 4.78 is 2.09. The van der Waals surface area contributed by atoms with Crippen LogP contribution >= 0.6 is 0 Å². The molecule has 1 aromatic carbocycles. The van der Waals surface area contributed by atoms with Crippen molar-refractivity contribution >= 4 is 11.9 Å². The van der Waals surface area contributed by atoms with Crippen LogP contribution < -0.4 is 15.5 Å². The van der Waals surface area contributed by atoms with E-state index < -0.39 is 0 Å². The van der Waals surface area contributed by atoms with Crippen LogP contribution in [0.1, 0.15) is 48.2 Å². The van der Waals surface area contributed by atoms with E-state index in [1.807, 2.05) is 39.3 Å². The molecule has 0 spiro atoms. The van der Waals surface area contributed by atoms with Crippen molar-refractivity contribution in [1.29, 1.82) is 0 Å². The minimum absolute atomic E-state index is 0.201. The summed E-state index contributed by atoms with van der Waals surface area (Å²) in [7, 11) is 7.84. The molecule has 2 aromatic rings. The third-order valence-electron chi connectivity index (χ3n) is 5.35. The van der Waals surface area contributed by atoms with Crippen molar-refractivity contribution in [3.8, 4) is 0 Å². The Balaban J connectivity index is 1.61. The quantitative estimate of drug-likeness (QED) is 0.629. The summed E-state index contributed by atoms with van der Waals surface area (Å²) in [6.07, 6.45) is 6.96. The third kappa shape index (κ3) is 4.43. The highest BCUT2D eigenvalue weighted by Gasteiger charge is 2.14. The smallest absolute Gasteiger partial charge is 0.204 e. The van der Waals surface area contributed by atoms with Crippen molar-refractivity contribution in [3.05, 3.63) is 46.8 Å². The van der Waals surface area contributed by atoms with Crippen molar-refractivity contribution in [2.24, 2.45) is 12.0 Å². The molecule has 146 valence electrons. The van der Waals surface area contributed by atoms with Crippen LogP contribution in [-0.4, -0.2) is 36.7 Å². The maximum Gasteiger partial charge on any atom is 0.204 e. The van der Waals surface area contributed by atoms with Gasteiger partial charge in [-0.05, 0) is 49.3 Å². The molecule has 27 heavy (non-hydrogen) atoms. The summed E-state index contributed by atoms with van der Waals surface area (Å²) >= 11 is 0. The molecular weight excluding hydrogens is 336 g/mol. The molecule has 0 fully saturated rings. The van der Waals surface area contributed by atoms with E-state index in [-0.39, 0.29) is 6.04 Å². The van der Waals surface area contributed by atoms with Crippen LogP contribution in [0.5, 0.6) is 0 Å². The maximum absolute atomic E-state index is 4.46. The van der Waals surface area contributed by atoms with E-state index in [9.17, 15) is 0 Å². The van der Waals surface area contributed by atoms with Crippen LogP contribution in [-0.2, 0) is 26.4 Å². The standard InChI is InChI=1S/C21H32N6/c1-15(17-11-10-16-8-6-7-9-18(16)12-17)25-20(22-2)23-13-19-14-24-21(26(3)4)27(19)5/h10-12,14-15H,6-9,13H2,1-5H3,(H2,22,23,25). The van der Waals surface area contributed by atoms with E-state index in [2.05, 4.69) is 50.3 Å². The molecule has 0 amide bonds. The Bertz CT molecular complexity index is 805. The Morgan fingerprint density at radius 1 is 1.26 bits per heavy atom. The summed E-state index contributed by atoms with van der Waals surface area (Å²) in [5.74, 6) is 1.74. The summed E-state index contributed by atoms with van der Waals surface area (Å²) in [5, 5.41) is 6.91. The number of fused-ring (bicyclic) bond motifs is 1. The third-order valence-corrected chi connectivity index (χ3v) is 5.35. The van der Waals surface area contributed by atoms with Gasteiger partial charge in [0.05, 0.1) is 24.5 Å². The second-order valence-corrected chi connectivity index (χ2v) is 7.53. The predicted octanol–water partition coefficient (Wildman–Crippen LogP) is 2.79. The number of aryl methyl sites for hydroxylation is 2. The number of anilines is 1. The van der Waals surface area contributed by atoms with Crippen molar-refractivity contribution in [1.82, 2.24) is 20.2 Å². The van der Waals surface area contributed by atoms with Crippen LogP contribution in [0, 0.1) is 0 Å². The maximum atomic E-state index is 4.46. The second-order valence-electron chi connectivity index (χ2n) is 7.53. The van der Waals surface area contributed by atoms with E-state index in [1.165, 1.54) is 42.4 Å². The fraction of sp³-hybridized carbons (Fsp3) is 0.524. The van der Waals surface area contributed by atoms with Crippen molar-refractivity contribution < 1.29 is 0 Å². The Kier molecular flexibility index (Phi) is 6.04. The van der Waals surface area contributed by atoms with Crippen LogP contribution in [0.4, 0.5) is 5.95 Å². The number of benzene rings is 1. The number of aromatic nitrogens is 2. The normalized spacial score (nSPS) is 15.2. The van der Waals surface area contributed by atoms with Gasteiger partial charge in [0.25, 0.3) is 0 Å². The fourth-order valence-electron chi connectivity index (χ4n) is 3.69. The van der Waals surface area contributed by atoms with Gasteiger partial charge in [-0.2, -0.15) is 0 Å². The van der Waals surface area contributed by atoms with E-state index in [0.29, 0.717) is 6.54 Å². The van der Waals surface area contributed by atoms with E-state index in [1.54, 1.807) is 0 Å². The molecule has 1 atom stereocenters. The first kappa shape index (κ1) is 19.3. The average Bonchev–Trinajstić information content (AvgIpc) is 3.05. The molecule has 2 N–H and O–H groups in total. The zero-order valence-corrected chi connectivity index (χ0v) is 17.2. The zero-order chi connectivity index (χ0) is 19.4.